The molecule has 0 fully saturated rings. The SMILES string of the molecule is Clc1nc(Cl)c2c(n1)[C-]=CC2.[Y]. The number of halogens is 2. The molecule has 0 saturated carbocycles. The molecule has 0 unspecified atom stereocenters. The van der Waals surface area contributed by atoms with Crippen molar-refractivity contribution in [2.45, 2.75) is 6.42 Å². The molecule has 2 rings (SSSR count). The van der Waals surface area contributed by atoms with Crippen LogP contribution in [0, 0.1) is 6.08 Å². The number of hydrogen-bond acceptors (Lipinski definition) is 2. The van der Waals surface area contributed by atoms with Gasteiger partial charge >= 0.3 is 0 Å². The van der Waals surface area contributed by atoms with Crippen LogP contribution in [0.3, 0.4) is 0 Å². The Morgan fingerprint density at radius 3 is 2.83 bits per heavy atom. The Labute approximate surface area is 105 Å². The molecule has 0 aliphatic heterocycles. The zero-order valence-corrected chi connectivity index (χ0v) is 10.4. The van der Waals surface area contributed by atoms with Gasteiger partial charge in [-0.05, 0) is 11.6 Å². The average Bonchev–Trinajstić information content (AvgIpc) is 2.34. The van der Waals surface area contributed by atoms with Crippen molar-refractivity contribution in [3.8, 4) is 0 Å². The minimum Gasteiger partial charge on any atom is -0.258 e. The minimum atomic E-state index is 0. The van der Waals surface area contributed by atoms with Crippen LogP contribution in [-0.2, 0) is 39.1 Å². The van der Waals surface area contributed by atoms with Gasteiger partial charge in [0.05, 0.1) is 5.15 Å². The van der Waals surface area contributed by atoms with Crippen LogP contribution in [0.15, 0.2) is 6.08 Å². The van der Waals surface area contributed by atoms with E-state index in [9.17, 15) is 0 Å². The zero-order chi connectivity index (χ0) is 7.84. The van der Waals surface area contributed by atoms with Gasteiger partial charge in [-0.2, -0.15) is 6.08 Å². The van der Waals surface area contributed by atoms with Crippen LogP contribution in [0.25, 0.3) is 0 Å². The molecule has 12 heavy (non-hydrogen) atoms. The Hall–Kier alpha value is 0.504. The number of nitrogens with zero attached hydrogens (tertiary/aromatic N) is 2. The molecular formula is C7H3Cl2N2Y-. The van der Waals surface area contributed by atoms with E-state index in [-0.39, 0.29) is 38.0 Å². The summed E-state index contributed by atoms with van der Waals surface area (Å²) in [6, 6.07) is 0. The summed E-state index contributed by atoms with van der Waals surface area (Å²) < 4.78 is 0. The summed E-state index contributed by atoms with van der Waals surface area (Å²) in [7, 11) is 0. The maximum atomic E-state index is 5.78. The van der Waals surface area contributed by atoms with E-state index in [2.05, 4.69) is 16.0 Å². The number of allylic oxidation sites excluding steroid dienone is 1. The van der Waals surface area contributed by atoms with E-state index in [1.165, 1.54) is 0 Å². The minimum absolute atomic E-state index is 0. The maximum absolute atomic E-state index is 5.78. The van der Waals surface area contributed by atoms with Gasteiger partial charge < -0.3 is 0 Å². The zero-order valence-electron chi connectivity index (χ0n) is 6.01. The van der Waals surface area contributed by atoms with Gasteiger partial charge in [0.15, 0.2) is 0 Å². The van der Waals surface area contributed by atoms with Crippen molar-refractivity contribution in [2.24, 2.45) is 0 Å². The van der Waals surface area contributed by atoms with Crippen molar-refractivity contribution < 1.29 is 32.7 Å². The van der Waals surface area contributed by atoms with Gasteiger partial charge in [-0.15, -0.1) is 5.56 Å². The summed E-state index contributed by atoms with van der Waals surface area (Å²) in [5.74, 6) is 0. The van der Waals surface area contributed by atoms with E-state index in [0.29, 0.717) is 5.15 Å². The first-order valence-electron chi connectivity index (χ1n) is 3.07. The molecule has 1 aliphatic rings. The van der Waals surface area contributed by atoms with Crippen molar-refractivity contribution >= 4 is 23.2 Å². The fourth-order valence-corrected chi connectivity index (χ4v) is 1.44. The Morgan fingerprint density at radius 1 is 1.33 bits per heavy atom. The van der Waals surface area contributed by atoms with Crippen molar-refractivity contribution in [1.82, 2.24) is 9.97 Å². The van der Waals surface area contributed by atoms with E-state index >= 15 is 0 Å². The van der Waals surface area contributed by atoms with E-state index in [4.69, 9.17) is 23.2 Å². The largest absolute Gasteiger partial charge is 0.258 e. The van der Waals surface area contributed by atoms with Crippen molar-refractivity contribution in [2.75, 3.05) is 0 Å². The van der Waals surface area contributed by atoms with E-state index in [0.717, 1.165) is 17.7 Å². The third kappa shape index (κ3) is 1.87. The van der Waals surface area contributed by atoms with E-state index in [1.54, 1.807) is 0 Å². The number of fused-ring (bicyclic) bond motifs is 1. The standard InChI is InChI=1S/C7H3Cl2N2.Y/c8-6-4-2-1-3-5(4)10-7(9)11-6;/h1H,2H2;/q-1;. The van der Waals surface area contributed by atoms with Crippen LogP contribution >= 0.6 is 23.2 Å². The van der Waals surface area contributed by atoms with Gasteiger partial charge in [-0.3, -0.25) is 4.98 Å². The quantitative estimate of drug-likeness (QED) is 0.411. The molecule has 0 atom stereocenters. The molecule has 2 nitrogen and oxygen atoms in total. The maximum Gasteiger partial charge on any atom is 0.219 e. The molecule has 0 spiro atoms. The molecule has 0 bridgehead atoms. The van der Waals surface area contributed by atoms with Gasteiger partial charge in [0.1, 0.15) is 0 Å². The van der Waals surface area contributed by atoms with Crippen LogP contribution in [0.2, 0.25) is 10.4 Å². The predicted molar refractivity (Wildman–Crippen MR) is 42.7 cm³/mol. The third-order valence-electron chi connectivity index (χ3n) is 1.47. The molecule has 1 aromatic rings. The first-order valence-corrected chi connectivity index (χ1v) is 3.83. The second kappa shape index (κ2) is 4.14. The molecule has 1 radical (unpaired) electrons. The topological polar surface area (TPSA) is 25.8 Å². The second-order valence-corrected chi connectivity index (χ2v) is 2.86. The molecule has 0 amide bonds. The molecule has 59 valence electrons. The number of rotatable bonds is 0. The summed E-state index contributed by atoms with van der Waals surface area (Å²) >= 11 is 11.3. The molecule has 0 aromatic carbocycles. The van der Waals surface area contributed by atoms with Crippen LogP contribution in [-0.4, -0.2) is 9.97 Å². The molecular weight excluding hydrogens is 272 g/mol. The predicted octanol–water partition coefficient (Wildman–Crippen LogP) is 2.04. The number of hydrogen-bond donors (Lipinski definition) is 0. The molecule has 0 N–H and O–H groups in total. The van der Waals surface area contributed by atoms with E-state index in [1.807, 2.05) is 6.08 Å². The fraction of sp³-hybridized carbons (Fsp3) is 0.143. The summed E-state index contributed by atoms with van der Waals surface area (Å²) in [6.45, 7) is 0. The summed E-state index contributed by atoms with van der Waals surface area (Å²) in [4.78, 5) is 7.75. The van der Waals surface area contributed by atoms with Gasteiger partial charge in [0, 0.05) is 32.7 Å². The van der Waals surface area contributed by atoms with Crippen LogP contribution in [0.1, 0.15) is 11.3 Å². The molecule has 1 aliphatic carbocycles. The van der Waals surface area contributed by atoms with Gasteiger partial charge in [0.2, 0.25) is 5.28 Å². The smallest absolute Gasteiger partial charge is 0.219 e. The van der Waals surface area contributed by atoms with Crippen LogP contribution in [0.5, 0.6) is 0 Å². The van der Waals surface area contributed by atoms with Crippen LogP contribution in [0.4, 0.5) is 0 Å². The van der Waals surface area contributed by atoms with Crippen LogP contribution < -0.4 is 0 Å². The Balaban J connectivity index is 0.000000720. The number of aromatic nitrogens is 2. The van der Waals surface area contributed by atoms with Crippen molar-refractivity contribution in [3.63, 3.8) is 0 Å². The van der Waals surface area contributed by atoms with Gasteiger partial charge in [0.25, 0.3) is 0 Å². The van der Waals surface area contributed by atoms with Gasteiger partial charge in [-0.1, -0.05) is 23.7 Å². The fourth-order valence-electron chi connectivity index (χ4n) is 0.981. The molecule has 0 saturated heterocycles. The van der Waals surface area contributed by atoms with Gasteiger partial charge in [-0.25, -0.2) is 11.1 Å². The molecule has 1 heterocycles. The molecule has 5 heteroatoms. The first-order chi connectivity index (χ1) is 5.27. The third-order valence-corrected chi connectivity index (χ3v) is 1.96. The Kier molecular flexibility index (Phi) is 3.65. The second-order valence-electron chi connectivity index (χ2n) is 2.16. The Bertz CT molecular complexity index is 338. The first kappa shape index (κ1) is 10.6. The van der Waals surface area contributed by atoms with Crippen molar-refractivity contribution in [1.29, 1.82) is 0 Å². The summed E-state index contributed by atoms with van der Waals surface area (Å²) in [5, 5.41) is 0.609. The van der Waals surface area contributed by atoms with Crippen molar-refractivity contribution in [3.05, 3.63) is 33.8 Å². The normalized spacial score (nSPS) is 12.5. The Morgan fingerprint density at radius 2 is 2.08 bits per heavy atom. The monoisotopic (exact) mass is 274 g/mol. The van der Waals surface area contributed by atoms with E-state index < -0.39 is 0 Å². The molecule has 1 aromatic heterocycles. The summed E-state index contributed by atoms with van der Waals surface area (Å²) in [5.41, 5.74) is 1.63. The average molecular weight is 275 g/mol. The summed E-state index contributed by atoms with van der Waals surface area (Å²) in [6.07, 6.45) is 5.55.